The summed E-state index contributed by atoms with van der Waals surface area (Å²) in [4.78, 5) is 0. The van der Waals surface area contributed by atoms with Crippen LogP contribution in [0.3, 0.4) is 0 Å². The molecule has 0 radical (unpaired) electrons. The van der Waals surface area contributed by atoms with Gasteiger partial charge in [0.05, 0.1) is 12.9 Å². The van der Waals surface area contributed by atoms with Crippen LogP contribution >= 0.6 is 0 Å². The van der Waals surface area contributed by atoms with Crippen LogP contribution in [0.5, 0.6) is 0 Å². The minimum atomic E-state index is 0.991. The van der Waals surface area contributed by atoms with E-state index in [4.69, 9.17) is 4.74 Å². The van der Waals surface area contributed by atoms with Gasteiger partial charge in [0.25, 0.3) is 0 Å². The molecule has 76 valence electrons. The standard InChI is InChI=1S/C13H18O/c1-3-4-5-6-7-12-8-10-13(14-2)11-9-12/h8,10H,3-5,9,11H2,1-2H3. The highest BCUT2D eigenvalue weighted by molar-refractivity contribution is 5.35. The van der Waals surface area contributed by atoms with E-state index in [1.165, 1.54) is 18.4 Å². The van der Waals surface area contributed by atoms with Crippen molar-refractivity contribution < 1.29 is 4.74 Å². The molecule has 0 amide bonds. The normalized spacial score (nSPS) is 15.0. The Kier molecular flexibility index (Phi) is 4.93. The van der Waals surface area contributed by atoms with Crippen molar-refractivity contribution in [2.45, 2.75) is 39.0 Å². The molecule has 0 aliphatic heterocycles. The topological polar surface area (TPSA) is 9.23 Å². The smallest absolute Gasteiger partial charge is 0.0959 e. The average Bonchev–Trinajstić information content (AvgIpc) is 2.25. The lowest BCUT2D eigenvalue weighted by atomic mass is 10.0. The number of allylic oxidation sites excluding steroid dienone is 4. The zero-order chi connectivity index (χ0) is 10.2. The van der Waals surface area contributed by atoms with E-state index in [1.807, 2.05) is 6.08 Å². The Bertz CT molecular complexity index is 286. The van der Waals surface area contributed by atoms with E-state index in [1.54, 1.807) is 7.11 Å². The maximum Gasteiger partial charge on any atom is 0.0959 e. The van der Waals surface area contributed by atoms with Crippen molar-refractivity contribution in [3.05, 3.63) is 23.5 Å². The molecule has 0 N–H and O–H groups in total. The summed E-state index contributed by atoms with van der Waals surface area (Å²) in [6.07, 6.45) is 9.56. The van der Waals surface area contributed by atoms with Crippen molar-refractivity contribution in [2.24, 2.45) is 0 Å². The molecule has 0 saturated heterocycles. The predicted octanol–water partition coefficient (Wildman–Crippen LogP) is 3.43. The van der Waals surface area contributed by atoms with Crippen molar-refractivity contribution in [1.29, 1.82) is 0 Å². The molecule has 0 aromatic rings. The molecular weight excluding hydrogens is 172 g/mol. The van der Waals surface area contributed by atoms with Crippen molar-refractivity contribution in [3.63, 3.8) is 0 Å². The maximum absolute atomic E-state index is 5.15. The Morgan fingerprint density at radius 2 is 2.21 bits per heavy atom. The van der Waals surface area contributed by atoms with Crippen LogP contribution in [0.1, 0.15) is 39.0 Å². The number of unbranched alkanes of at least 4 members (excludes halogenated alkanes) is 2. The fraction of sp³-hybridized carbons (Fsp3) is 0.538. The Hall–Kier alpha value is -1.16. The predicted molar refractivity (Wildman–Crippen MR) is 59.7 cm³/mol. The van der Waals surface area contributed by atoms with Crippen LogP contribution in [0.25, 0.3) is 0 Å². The maximum atomic E-state index is 5.15. The van der Waals surface area contributed by atoms with Crippen molar-refractivity contribution >= 4 is 0 Å². The van der Waals surface area contributed by atoms with Gasteiger partial charge in [-0.2, -0.15) is 0 Å². The lowest BCUT2D eigenvalue weighted by Gasteiger charge is -2.09. The highest BCUT2D eigenvalue weighted by Gasteiger charge is 2.03. The molecule has 0 fully saturated rings. The van der Waals surface area contributed by atoms with Gasteiger partial charge in [-0.05, 0) is 25.0 Å². The largest absolute Gasteiger partial charge is 0.501 e. The monoisotopic (exact) mass is 190 g/mol. The van der Waals surface area contributed by atoms with E-state index in [-0.39, 0.29) is 0 Å². The van der Waals surface area contributed by atoms with E-state index in [0.29, 0.717) is 0 Å². The molecule has 0 saturated carbocycles. The van der Waals surface area contributed by atoms with Crippen molar-refractivity contribution in [1.82, 2.24) is 0 Å². The van der Waals surface area contributed by atoms with E-state index in [2.05, 4.69) is 24.8 Å². The molecule has 1 heteroatoms. The molecule has 0 bridgehead atoms. The minimum absolute atomic E-state index is 0.991. The first-order chi connectivity index (χ1) is 6.86. The quantitative estimate of drug-likeness (QED) is 0.489. The summed E-state index contributed by atoms with van der Waals surface area (Å²) in [5.74, 6) is 7.47. The highest BCUT2D eigenvalue weighted by atomic mass is 16.5. The summed E-state index contributed by atoms with van der Waals surface area (Å²) in [6, 6.07) is 0. The minimum Gasteiger partial charge on any atom is -0.501 e. The van der Waals surface area contributed by atoms with Crippen LogP contribution in [0.2, 0.25) is 0 Å². The molecule has 1 aliphatic rings. The molecule has 0 aromatic heterocycles. The highest BCUT2D eigenvalue weighted by Crippen LogP contribution is 2.17. The lowest BCUT2D eigenvalue weighted by Crippen LogP contribution is -1.93. The molecule has 14 heavy (non-hydrogen) atoms. The average molecular weight is 190 g/mol. The van der Waals surface area contributed by atoms with Gasteiger partial charge in [0.15, 0.2) is 0 Å². The third kappa shape index (κ3) is 3.70. The molecule has 0 aromatic carbocycles. The molecular formula is C13H18O. The second kappa shape index (κ2) is 6.32. The van der Waals surface area contributed by atoms with Gasteiger partial charge in [-0.3, -0.25) is 0 Å². The number of hydrogen-bond donors (Lipinski definition) is 0. The molecule has 0 unspecified atom stereocenters. The molecule has 0 spiro atoms. The van der Waals surface area contributed by atoms with E-state index in [0.717, 1.165) is 25.0 Å². The molecule has 0 atom stereocenters. The summed E-state index contributed by atoms with van der Waals surface area (Å²) in [5, 5.41) is 0. The lowest BCUT2D eigenvalue weighted by molar-refractivity contribution is 0.276. The van der Waals surface area contributed by atoms with Crippen LogP contribution in [0, 0.1) is 11.8 Å². The van der Waals surface area contributed by atoms with Crippen LogP contribution in [-0.2, 0) is 4.74 Å². The molecule has 0 heterocycles. The van der Waals surface area contributed by atoms with Gasteiger partial charge in [0.1, 0.15) is 0 Å². The summed E-state index contributed by atoms with van der Waals surface area (Å²) >= 11 is 0. The Morgan fingerprint density at radius 3 is 2.79 bits per heavy atom. The number of rotatable bonds is 3. The molecule has 1 aliphatic carbocycles. The Balaban J connectivity index is 2.42. The number of methoxy groups -OCH3 is 1. The van der Waals surface area contributed by atoms with Crippen LogP contribution in [-0.4, -0.2) is 7.11 Å². The third-order valence-corrected chi connectivity index (χ3v) is 2.28. The second-order valence-corrected chi connectivity index (χ2v) is 3.43. The Labute approximate surface area is 86.8 Å². The van der Waals surface area contributed by atoms with Gasteiger partial charge in [0, 0.05) is 18.4 Å². The fourth-order valence-corrected chi connectivity index (χ4v) is 1.33. The van der Waals surface area contributed by atoms with Gasteiger partial charge >= 0.3 is 0 Å². The summed E-state index contributed by atoms with van der Waals surface area (Å²) in [7, 11) is 1.72. The van der Waals surface area contributed by atoms with Crippen molar-refractivity contribution in [3.8, 4) is 11.8 Å². The van der Waals surface area contributed by atoms with Gasteiger partial charge < -0.3 is 4.74 Å². The van der Waals surface area contributed by atoms with E-state index >= 15 is 0 Å². The summed E-state index contributed by atoms with van der Waals surface area (Å²) in [5.41, 5.74) is 1.24. The first-order valence-electron chi connectivity index (χ1n) is 5.29. The SMILES string of the molecule is CCCCC#CC1=CC=C(OC)CC1. The van der Waals surface area contributed by atoms with Crippen LogP contribution in [0.4, 0.5) is 0 Å². The summed E-state index contributed by atoms with van der Waals surface area (Å²) < 4.78 is 5.15. The van der Waals surface area contributed by atoms with Gasteiger partial charge in [-0.1, -0.05) is 25.2 Å². The van der Waals surface area contributed by atoms with E-state index in [9.17, 15) is 0 Å². The first kappa shape index (κ1) is 10.9. The first-order valence-corrected chi connectivity index (χ1v) is 5.29. The summed E-state index contributed by atoms with van der Waals surface area (Å²) in [6.45, 7) is 2.19. The fourth-order valence-electron chi connectivity index (χ4n) is 1.33. The van der Waals surface area contributed by atoms with Crippen LogP contribution in [0.15, 0.2) is 23.5 Å². The second-order valence-electron chi connectivity index (χ2n) is 3.43. The van der Waals surface area contributed by atoms with E-state index < -0.39 is 0 Å². The number of hydrogen-bond acceptors (Lipinski definition) is 1. The zero-order valence-corrected chi connectivity index (χ0v) is 9.10. The zero-order valence-electron chi connectivity index (χ0n) is 9.10. The van der Waals surface area contributed by atoms with Crippen LogP contribution < -0.4 is 0 Å². The third-order valence-electron chi connectivity index (χ3n) is 2.28. The van der Waals surface area contributed by atoms with Gasteiger partial charge in [-0.15, -0.1) is 0 Å². The Morgan fingerprint density at radius 1 is 1.36 bits per heavy atom. The van der Waals surface area contributed by atoms with Gasteiger partial charge in [-0.25, -0.2) is 0 Å². The molecule has 1 rings (SSSR count). The number of ether oxygens (including phenoxy) is 1. The van der Waals surface area contributed by atoms with Gasteiger partial charge in [0.2, 0.25) is 0 Å². The molecule has 1 nitrogen and oxygen atoms in total. The van der Waals surface area contributed by atoms with Crippen molar-refractivity contribution in [2.75, 3.05) is 7.11 Å².